The van der Waals surface area contributed by atoms with Crippen molar-refractivity contribution >= 4 is 11.7 Å². The molecule has 2 aromatic rings. The molecule has 28 heavy (non-hydrogen) atoms. The van der Waals surface area contributed by atoms with Gasteiger partial charge in [-0.2, -0.15) is 4.98 Å². The number of nitrogens with zero attached hydrogens (tertiary/aromatic N) is 4. The van der Waals surface area contributed by atoms with Crippen molar-refractivity contribution in [2.45, 2.75) is 38.5 Å². The minimum atomic E-state index is -0.617. The predicted molar refractivity (Wildman–Crippen MR) is 109 cm³/mol. The lowest BCUT2D eigenvalue weighted by Crippen LogP contribution is -2.47. The standard InChI is InChI=1S/C21H29N5O2/c1-16(28-20-14-22-13-19(24-20)25(2)3)21(27)23-18-9-11-26(12-10-18)15-17-7-5-4-6-8-17/h4-8,13-14,16,18H,9-12,15H2,1-3H3,(H,23,27). The SMILES string of the molecule is CC(Oc1cncc(N(C)C)n1)C(=O)NC1CCN(Cc2ccccc2)CC1. The molecule has 1 aromatic heterocycles. The van der Waals surface area contributed by atoms with Crippen molar-refractivity contribution in [1.29, 1.82) is 0 Å². The molecule has 0 saturated carbocycles. The Balaban J connectivity index is 1.44. The average molecular weight is 383 g/mol. The van der Waals surface area contributed by atoms with Gasteiger partial charge in [-0.05, 0) is 25.3 Å². The second kappa shape index (κ2) is 9.50. The fraction of sp³-hybridized carbons (Fsp3) is 0.476. The summed E-state index contributed by atoms with van der Waals surface area (Å²) in [5, 5.41) is 3.11. The largest absolute Gasteiger partial charge is 0.463 e. The molecule has 0 bridgehead atoms. The third kappa shape index (κ3) is 5.66. The first-order chi connectivity index (χ1) is 13.5. The Kier molecular flexibility index (Phi) is 6.81. The number of anilines is 1. The number of carbonyl (C=O) groups excluding carboxylic acids is 1. The van der Waals surface area contributed by atoms with Gasteiger partial charge in [-0.3, -0.25) is 14.7 Å². The van der Waals surface area contributed by atoms with Crippen molar-refractivity contribution in [3.8, 4) is 5.88 Å². The fourth-order valence-electron chi connectivity index (χ4n) is 3.24. The van der Waals surface area contributed by atoms with Crippen molar-refractivity contribution in [2.75, 3.05) is 32.1 Å². The highest BCUT2D eigenvalue weighted by Gasteiger charge is 2.24. The molecule has 3 rings (SSSR count). The second-order valence-electron chi connectivity index (χ2n) is 7.41. The molecule has 1 fully saturated rings. The number of nitrogens with one attached hydrogen (secondary N) is 1. The van der Waals surface area contributed by atoms with Crippen LogP contribution >= 0.6 is 0 Å². The summed E-state index contributed by atoms with van der Waals surface area (Å²) in [5.74, 6) is 0.931. The number of likely N-dealkylation sites (tertiary alicyclic amines) is 1. The highest BCUT2D eigenvalue weighted by Crippen LogP contribution is 2.15. The Morgan fingerprint density at radius 2 is 1.96 bits per heavy atom. The van der Waals surface area contributed by atoms with Crippen molar-refractivity contribution in [3.05, 3.63) is 48.3 Å². The first-order valence-electron chi connectivity index (χ1n) is 9.74. The summed E-state index contributed by atoms with van der Waals surface area (Å²) in [4.78, 5) is 25.2. The molecule has 1 aromatic carbocycles. The maximum absolute atomic E-state index is 12.5. The monoisotopic (exact) mass is 383 g/mol. The summed E-state index contributed by atoms with van der Waals surface area (Å²) in [5.41, 5.74) is 1.33. The van der Waals surface area contributed by atoms with Gasteiger partial charge in [-0.15, -0.1) is 0 Å². The topological polar surface area (TPSA) is 70.6 Å². The van der Waals surface area contributed by atoms with Crippen LogP contribution in [0.4, 0.5) is 5.82 Å². The molecule has 1 amide bonds. The molecular formula is C21H29N5O2. The molecule has 0 radical (unpaired) electrons. The molecule has 0 spiro atoms. The Morgan fingerprint density at radius 3 is 2.64 bits per heavy atom. The molecule has 1 aliphatic heterocycles. The number of amides is 1. The fourth-order valence-corrected chi connectivity index (χ4v) is 3.24. The minimum absolute atomic E-state index is 0.112. The number of aromatic nitrogens is 2. The summed E-state index contributed by atoms with van der Waals surface area (Å²) in [6.07, 6.45) is 4.45. The van der Waals surface area contributed by atoms with Crippen molar-refractivity contribution in [3.63, 3.8) is 0 Å². The molecule has 1 N–H and O–H groups in total. The predicted octanol–water partition coefficient (Wildman–Crippen LogP) is 2.09. The van der Waals surface area contributed by atoms with E-state index in [0.29, 0.717) is 11.7 Å². The Hall–Kier alpha value is -2.67. The highest BCUT2D eigenvalue weighted by molar-refractivity contribution is 5.80. The van der Waals surface area contributed by atoms with Gasteiger partial charge in [-0.25, -0.2) is 0 Å². The Morgan fingerprint density at radius 1 is 1.25 bits per heavy atom. The molecule has 2 heterocycles. The molecule has 7 nitrogen and oxygen atoms in total. The zero-order chi connectivity index (χ0) is 19.9. The quantitative estimate of drug-likeness (QED) is 0.790. The summed E-state index contributed by atoms with van der Waals surface area (Å²) >= 11 is 0. The van der Waals surface area contributed by atoms with Crippen LogP contribution in [0.5, 0.6) is 5.88 Å². The summed E-state index contributed by atoms with van der Waals surface area (Å²) in [7, 11) is 3.77. The highest BCUT2D eigenvalue weighted by atomic mass is 16.5. The molecule has 0 aliphatic carbocycles. The van der Waals surface area contributed by atoms with E-state index >= 15 is 0 Å². The molecule has 150 valence electrons. The molecule has 1 aliphatic rings. The number of benzene rings is 1. The van der Waals surface area contributed by atoms with Crippen LogP contribution in [0.3, 0.4) is 0 Å². The zero-order valence-electron chi connectivity index (χ0n) is 16.8. The van der Waals surface area contributed by atoms with E-state index in [4.69, 9.17) is 4.74 Å². The van der Waals surface area contributed by atoms with Crippen LogP contribution in [-0.2, 0) is 11.3 Å². The van der Waals surface area contributed by atoms with Gasteiger partial charge in [0, 0.05) is 39.8 Å². The van der Waals surface area contributed by atoms with Gasteiger partial charge < -0.3 is 15.0 Å². The number of rotatable bonds is 7. The van der Waals surface area contributed by atoms with Crippen LogP contribution in [0, 0.1) is 0 Å². The van der Waals surface area contributed by atoms with Crippen LogP contribution in [-0.4, -0.2) is 60.1 Å². The van der Waals surface area contributed by atoms with E-state index < -0.39 is 6.10 Å². The van der Waals surface area contributed by atoms with Gasteiger partial charge >= 0.3 is 0 Å². The number of piperidine rings is 1. The molecule has 7 heteroatoms. The average Bonchev–Trinajstić information content (AvgIpc) is 2.70. The van der Waals surface area contributed by atoms with E-state index in [0.717, 1.165) is 32.5 Å². The van der Waals surface area contributed by atoms with Crippen molar-refractivity contribution < 1.29 is 9.53 Å². The van der Waals surface area contributed by atoms with Crippen LogP contribution in [0.25, 0.3) is 0 Å². The van der Waals surface area contributed by atoms with Gasteiger partial charge in [0.1, 0.15) is 0 Å². The van der Waals surface area contributed by atoms with Gasteiger partial charge in [0.05, 0.1) is 12.4 Å². The first kappa shape index (κ1) is 20.1. The minimum Gasteiger partial charge on any atom is -0.463 e. The summed E-state index contributed by atoms with van der Waals surface area (Å²) < 4.78 is 5.69. The lowest BCUT2D eigenvalue weighted by Gasteiger charge is -2.32. The molecule has 1 atom stereocenters. The van der Waals surface area contributed by atoms with E-state index in [9.17, 15) is 4.79 Å². The van der Waals surface area contributed by atoms with Gasteiger partial charge in [-0.1, -0.05) is 30.3 Å². The van der Waals surface area contributed by atoms with E-state index in [1.54, 1.807) is 13.1 Å². The Bertz CT molecular complexity index is 760. The van der Waals surface area contributed by atoms with Crippen molar-refractivity contribution in [2.24, 2.45) is 0 Å². The third-order valence-corrected chi connectivity index (χ3v) is 4.91. The van der Waals surface area contributed by atoms with Gasteiger partial charge in [0.25, 0.3) is 5.91 Å². The summed E-state index contributed by atoms with van der Waals surface area (Å²) in [6, 6.07) is 10.7. The smallest absolute Gasteiger partial charge is 0.261 e. The number of hydrogen-bond donors (Lipinski definition) is 1. The van der Waals surface area contributed by atoms with E-state index in [1.165, 1.54) is 11.8 Å². The van der Waals surface area contributed by atoms with E-state index in [1.807, 2.05) is 25.1 Å². The van der Waals surface area contributed by atoms with E-state index in [2.05, 4.69) is 44.5 Å². The maximum Gasteiger partial charge on any atom is 0.261 e. The third-order valence-electron chi connectivity index (χ3n) is 4.91. The first-order valence-corrected chi connectivity index (χ1v) is 9.74. The van der Waals surface area contributed by atoms with Crippen LogP contribution in [0.2, 0.25) is 0 Å². The lowest BCUT2D eigenvalue weighted by atomic mass is 10.0. The number of hydrogen-bond acceptors (Lipinski definition) is 6. The lowest BCUT2D eigenvalue weighted by molar-refractivity contribution is -0.128. The zero-order valence-corrected chi connectivity index (χ0v) is 16.8. The number of carbonyl (C=O) groups is 1. The van der Waals surface area contributed by atoms with Gasteiger partial charge in [0.15, 0.2) is 11.9 Å². The summed E-state index contributed by atoms with van der Waals surface area (Å²) in [6.45, 7) is 4.66. The second-order valence-corrected chi connectivity index (χ2v) is 7.41. The normalized spacial score (nSPS) is 16.4. The van der Waals surface area contributed by atoms with Crippen LogP contribution in [0.1, 0.15) is 25.3 Å². The Labute approximate surface area is 166 Å². The van der Waals surface area contributed by atoms with Crippen molar-refractivity contribution in [1.82, 2.24) is 20.2 Å². The number of ether oxygens (including phenoxy) is 1. The van der Waals surface area contributed by atoms with E-state index in [-0.39, 0.29) is 11.9 Å². The molecule has 1 saturated heterocycles. The van der Waals surface area contributed by atoms with Crippen LogP contribution in [0.15, 0.2) is 42.7 Å². The molecular weight excluding hydrogens is 354 g/mol. The van der Waals surface area contributed by atoms with Gasteiger partial charge in [0.2, 0.25) is 5.88 Å². The maximum atomic E-state index is 12.5. The molecule has 1 unspecified atom stereocenters. The van der Waals surface area contributed by atoms with Crippen LogP contribution < -0.4 is 15.0 Å².